The lowest BCUT2D eigenvalue weighted by atomic mass is 9.97. The number of carbonyl (C=O) groups is 3. The maximum atomic E-state index is 13.4. The average Bonchev–Trinajstić information content (AvgIpc) is 3.23. The van der Waals surface area contributed by atoms with Crippen LogP contribution in [0.3, 0.4) is 0 Å². The van der Waals surface area contributed by atoms with Gasteiger partial charge in [-0.15, -0.1) is 0 Å². The van der Waals surface area contributed by atoms with Crippen molar-refractivity contribution in [3.05, 3.63) is 58.9 Å². The second-order valence-corrected chi connectivity index (χ2v) is 8.85. The van der Waals surface area contributed by atoms with Gasteiger partial charge in [0.2, 0.25) is 5.91 Å². The summed E-state index contributed by atoms with van der Waals surface area (Å²) in [6.07, 6.45) is 2.92. The number of halogens is 2. The van der Waals surface area contributed by atoms with E-state index in [-0.39, 0.29) is 17.7 Å². The number of hydrogen-bond donors (Lipinski definition) is 2. The summed E-state index contributed by atoms with van der Waals surface area (Å²) < 4.78 is 13.3. The fourth-order valence-corrected chi connectivity index (χ4v) is 4.54. The third kappa shape index (κ3) is 5.63. The Bertz CT molecular complexity index is 1060. The zero-order valence-corrected chi connectivity index (χ0v) is 18.9. The van der Waals surface area contributed by atoms with E-state index >= 15 is 0 Å². The molecule has 0 radical (unpaired) electrons. The van der Waals surface area contributed by atoms with E-state index in [4.69, 9.17) is 11.6 Å². The smallest absolute Gasteiger partial charge is 0.319 e. The van der Waals surface area contributed by atoms with Crippen LogP contribution in [0.15, 0.2) is 42.5 Å². The van der Waals surface area contributed by atoms with Gasteiger partial charge in [-0.2, -0.15) is 0 Å². The van der Waals surface area contributed by atoms with E-state index in [1.807, 2.05) is 0 Å². The Morgan fingerprint density at radius 3 is 2.73 bits per heavy atom. The Labute approximate surface area is 196 Å². The maximum absolute atomic E-state index is 13.4. The van der Waals surface area contributed by atoms with Crippen LogP contribution in [0.1, 0.15) is 36.0 Å². The van der Waals surface area contributed by atoms with Crippen molar-refractivity contribution in [1.29, 1.82) is 0 Å². The predicted octanol–water partition coefficient (Wildman–Crippen LogP) is 4.28. The van der Waals surface area contributed by atoms with Crippen molar-refractivity contribution in [1.82, 2.24) is 10.2 Å². The van der Waals surface area contributed by atoms with Crippen LogP contribution in [0.5, 0.6) is 0 Å². The van der Waals surface area contributed by atoms with Crippen molar-refractivity contribution in [2.75, 3.05) is 36.4 Å². The summed E-state index contributed by atoms with van der Waals surface area (Å²) >= 11 is 6.16. The standard InChI is InChI=1S/C24H26ClFN4O3/c25-17-8-9-20(21(12-17)30-11-3-7-22(30)31)23(32)29-10-2-4-16(15-29)14-27-24(33)28-19-6-1-5-18(26)13-19/h1,5-6,8-9,12-13,16H,2-4,7,10-11,14-15H2,(H2,27,28,33). The van der Waals surface area contributed by atoms with Gasteiger partial charge >= 0.3 is 6.03 Å². The maximum Gasteiger partial charge on any atom is 0.319 e. The molecule has 0 aromatic heterocycles. The number of amides is 4. The summed E-state index contributed by atoms with van der Waals surface area (Å²) in [6, 6.07) is 10.3. The number of urea groups is 1. The minimum atomic E-state index is -0.425. The Kier molecular flexibility index (Phi) is 7.13. The highest BCUT2D eigenvalue weighted by Crippen LogP contribution is 2.30. The van der Waals surface area contributed by atoms with E-state index in [2.05, 4.69) is 10.6 Å². The number of nitrogens with zero attached hydrogens (tertiary/aromatic N) is 2. The first kappa shape index (κ1) is 23.0. The molecule has 1 atom stereocenters. The van der Waals surface area contributed by atoms with Crippen molar-refractivity contribution >= 4 is 40.8 Å². The summed E-state index contributed by atoms with van der Waals surface area (Å²) in [4.78, 5) is 41.2. The van der Waals surface area contributed by atoms with Crippen molar-refractivity contribution in [3.63, 3.8) is 0 Å². The largest absolute Gasteiger partial charge is 0.338 e. The molecule has 2 aromatic carbocycles. The minimum Gasteiger partial charge on any atom is -0.338 e. The lowest BCUT2D eigenvalue weighted by Gasteiger charge is -2.34. The first-order chi connectivity index (χ1) is 15.9. The molecule has 0 bridgehead atoms. The Morgan fingerprint density at radius 2 is 1.97 bits per heavy atom. The number of likely N-dealkylation sites (tertiary alicyclic amines) is 1. The Morgan fingerprint density at radius 1 is 1.12 bits per heavy atom. The summed E-state index contributed by atoms with van der Waals surface area (Å²) in [5.74, 6) is -0.483. The van der Waals surface area contributed by atoms with E-state index in [1.54, 1.807) is 34.1 Å². The highest BCUT2D eigenvalue weighted by atomic mass is 35.5. The topological polar surface area (TPSA) is 81.8 Å². The van der Waals surface area contributed by atoms with Crippen molar-refractivity contribution < 1.29 is 18.8 Å². The number of anilines is 2. The molecule has 4 rings (SSSR count). The normalized spacial score (nSPS) is 18.4. The van der Waals surface area contributed by atoms with Gasteiger partial charge in [-0.25, -0.2) is 9.18 Å². The molecule has 1 unspecified atom stereocenters. The molecule has 0 aliphatic carbocycles. The first-order valence-electron chi connectivity index (χ1n) is 11.1. The van der Waals surface area contributed by atoms with Crippen molar-refractivity contribution in [2.45, 2.75) is 25.7 Å². The van der Waals surface area contributed by atoms with E-state index in [1.165, 1.54) is 18.2 Å². The molecule has 4 amide bonds. The van der Waals surface area contributed by atoms with E-state index in [0.29, 0.717) is 54.6 Å². The van der Waals surface area contributed by atoms with E-state index < -0.39 is 11.8 Å². The van der Waals surface area contributed by atoms with E-state index in [0.717, 1.165) is 19.3 Å². The fourth-order valence-electron chi connectivity index (χ4n) is 4.38. The van der Waals surface area contributed by atoms with Crippen LogP contribution < -0.4 is 15.5 Å². The third-order valence-corrected chi connectivity index (χ3v) is 6.23. The number of piperidine rings is 1. The number of hydrogen-bond acceptors (Lipinski definition) is 3. The number of benzene rings is 2. The van der Waals surface area contributed by atoms with Crippen LogP contribution in [0.4, 0.5) is 20.6 Å². The molecule has 174 valence electrons. The molecule has 2 aliphatic rings. The third-order valence-electron chi connectivity index (χ3n) is 5.99. The zero-order chi connectivity index (χ0) is 23.4. The molecule has 2 N–H and O–H groups in total. The van der Waals surface area contributed by atoms with Crippen LogP contribution in [0.2, 0.25) is 5.02 Å². The molecule has 2 heterocycles. The fraction of sp³-hybridized carbons (Fsp3) is 0.375. The summed E-state index contributed by atoms with van der Waals surface area (Å²) in [5, 5.41) is 5.90. The van der Waals surface area contributed by atoms with Crippen molar-refractivity contribution in [3.8, 4) is 0 Å². The van der Waals surface area contributed by atoms with Crippen LogP contribution in [-0.4, -0.2) is 48.9 Å². The van der Waals surface area contributed by atoms with Gasteiger partial charge in [0.15, 0.2) is 0 Å². The number of rotatable bonds is 5. The van der Waals surface area contributed by atoms with Gasteiger partial charge < -0.3 is 20.4 Å². The predicted molar refractivity (Wildman–Crippen MR) is 125 cm³/mol. The van der Waals surface area contributed by atoms with Crippen LogP contribution in [0.25, 0.3) is 0 Å². The van der Waals surface area contributed by atoms with Gasteiger partial charge in [0.05, 0.1) is 11.3 Å². The molecule has 2 fully saturated rings. The molecular formula is C24H26ClFN4O3. The molecule has 2 saturated heterocycles. The average molecular weight is 473 g/mol. The number of carbonyl (C=O) groups excluding carboxylic acids is 3. The zero-order valence-electron chi connectivity index (χ0n) is 18.2. The molecule has 0 spiro atoms. The molecule has 9 heteroatoms. The monoisotopic (exact) mass is 472 g/mol. The molecule has 33 heavy (non-hydrogen) atoms. The van der Waals surface area contributed by atoms with Crippen LogP contribution in [0, 0.1) is 11.7 Å². The van der Waals surface area contributed by atoms with Gasteiger partial charge in [-0.3, -0.25) is 9.59 Å². The lowest BCUT2D eigenvalue weighted by molar-refractivity contribution is -0.117. The molecule has 0 saturated carbocycles. The molecular weight excluding hydrogens is 447 g/mol. The molecule has 2 aliphatic heterocycles. The summed E-state index contributed by atoms with van der Waals surface area (Å²) in [5.41, 5.74) is 1.40. The number of nitrogens with one attached hydrogen (secondary N) is 2. The molecule has 7 nitrogen and oxygen atoms in total. The van der Waals surface area contributed by atoms with Crippen LogP contribution in [-0.2, 0) is 4.79 Å². The Hall–Kier alpha value is -3.13. The van der Waals surface area contributed by atoms with Crippen molar-refractivity contribution in [2.24, 2.45) is 5.92 Å². The second kappa shape index (κ2) is 10.2. The van der Waals surface area contributed by atoms with Gasteiger partial charge in [-0.05, 0) is 61.6 Å². The van der Waals surface area contributed by atoms with E-state index in [9.17, 15) is 18.8 Å². The minimum absolute atomic E-state index is 0.00338. The Balaban J connectivity index is 1.38. The SMILES string of the molecule is O=C(NCC1CCCN(C(=O)c2ccc(Cl)cc2N2CCCC2=O)C1)Nc1cccc(F)c1. The first-order valence-corrected chi connectivity index (χ1v) is 11.5. The second-order valence-electron chi connectivity index (χ2n) is 8.42. The van der Waals surface area contributed by atoms with Gasteiger partial charge in [0, 0.05) is 43.3 Å². The lowest BCUT2D eigenvalue weighted by Crippen LogP contribution is -2.44. The van der Waals surface area contributed by atoms with Gasteiger partial charge in [0.1, 0.15) is 5.82 Å². The molecule has 2 aromatic rings. The summed E-state index contributed by atoms with van der Waals surface area (Å²) in [7, 11) is 0. The van der Waals surface area contributed by atoms with Crippen LogP contribution >= 0.6 is 11.6 Å². The summed E-state index contributed by atoms with van der Waals surface area (Å²) in [6.45, 7) is 2.07. The highest BCUT2D eigenvalue weighted by molar-refractivity contribution is 6.31. The van der Waals surface area contributed by atoms with Gasteiger partial charge in [0.25, 0.3) is 5.91 Å². The van der Waals surface area contributed by atoms with Gasteiger partial charge in [-0.1, -0.05) is 17.7 Å². The highest BCUT2D eigenvalue weighted by Gasteiger charge is 2.30. The quantitative estimate of drug-likeness (QED) is 0.681.